The maximum Gasteiger partial charge on any atom is 0.142 e. The number of aryl methyl sites for hydroxylation is 1. The fourth-order valence-electron chi connectivity index (χ4n) is 2.14. The Morgan fingerprint density at radius 2 is 1.81 bits per heavy atom. The van der Waals surface area contributed by atoms with Crippen LogP contribution >= 0.6 is 0 Å². The number of ether oxygens (including phenoxy) is 2. The average Bonchev–Trinajstić information content (AvgIpc) is 2.46. The van der Waals surface area contributed by atoms with Crippen molar-refractivity contribution in [3.8, 4) is 11.5 Å². The molecular weight excluding hydrogens is 264 g/mol. The lowest BCUT2D eigenvalue weighted by Crippen LogP contribution is -2.02. The minimum absolute atomic E-state index is 0.603. The lowest BCUT2D eigenvalue weighted by Gasteiger charge is -2.17. The van der Waals surface area contributed by atoms with Gasteiger partial charge in [0.2, 0.25) is 0 Å². The Labute approximate surface area is 125 Å². The van der Waals surface area contributed by atoms with Crippen LogP contribution in [0.25, 0.3) is 0 Å². The predicted molar refractivity (Wildman–Crippen MR) is 87.7 cm³/mol. The molecule has 4 nitrogen and oxygen atoms in total. The van der Waals surface area contributed by atoms with Gasteiger partial charge >= 0.3 is 0 Å². The van der Waals surface area contributed by atoms with Gasteiger partial charge in [0.1, 0.15) is 11.5 Å². The van der Waals surface area contributed by atoms with E-state index in [1.807, 2.05) is 57.2 Å². The van der Waals surface area contributed by atoms with E-state index in [4.69, 9.17) is 15.2 Å². The Morgan fingerprint density at radius 1 is 1.05 bits per heavy atom. The second kappa shape index (κ2) is 6.88. The summed E-state index contributed by atoms with van der Waals surface area (Å²) in [6, 6.07) is 11.6. The summed E-state index contributed by atoms with van der Waals surface area (Å²) in [5.41, 5.74) is 9.59. The van der Waals surface area contributed by atoms with Crippen molar-refractivity contribution < 1.29 is 9.47 Å². The van der Waals surface area contributed by atoms with Crippen molar-refractivity contribution in [2.45, 2.75) is 20.8 Å². The largest absolute Gasteiger partial charge is 0.494 e. The average molecular weight is 286 g/mol. The normalized spacial score (nSPS) is 10.2. The first-order valence-electron chi connectivity index (χ1n) is 7.17. The highest BCUT2D eigenvalue weighted by Crippen LogP contribution is 2.34. The van der Waals surface area contributed by atoms with Gasteiger partial charge in [-0.05, 0) is 44.5 Å². The lowest BCUT2D eigenvalue weighted by molar-refractivity contribution is 0.332. The van der Waals surface area contributed by atoms with Crippen LogP contribution in [0.2, 0.25) is 0 Å². The fourth-order valence-corrected chi connectivity index (χ4v) is 2.14. The molecule has 0 unspecified atom stereocenters. The Hall–Kier alpha value is -2.36. The number of rotatable bonds is 6. The molecule has 2 aromatic carbocycles. The molecule has 0 aliphatic rings. The van der Waals surface area contributed by atoms with Crippen LogP contribution in [0.15, 0.2) is 36.4 Å². The molecule has 112 valence electrons. The molecule has 0 saturated heterocycles. The minimum atomic E-state index is 0.603. The smallest absolute Gasteiger partial charge is 0.142 e. The second-order valence-corrected chi connectivity index (χ2v) is 4.69. The molecule has 0 bridgehead atoms. The number of para-hydroxylation sites is 1. The maximum atomic E-state index is 6.06. The van der Waals surface area contributed by atoms with E-state index >= 15 is 0 Å². The topological polar surface area (TPSA) is 56.5 Å². The molecule has 4 heteroatoms. The van der Waals surface area contributed by atoms with Crippen molar-refractivity contribution in [3.63, 3.8) is 0 Å². The third-order valence-electron chi connectivity index (χ3n) is 3.13. The van der Waals surface area contributed by atoms with Crippen molar-refractivity contribution >= 4 is 17.1 Å². The van der Waals surface area contributed by atoms with E-state index < -0.39 is 0 Å². The molecule has 21 heavy (non-hydrogen) atoms. The molecule has 0 fully saturated rings. The summed E-state index contributed by atoms with van der Waals surface area (Å²) >= 11 is 0. The van der Waals surface area contributed by atoms with Gasteiger partial charge < -0.3 is 20.5 Å². The Morgan fingerprint density at radius 3 is 2.48 bits per heavy atom. The lowest BCUT2D eigenvalue weighted by atomic mass is 10.1. The highest BCUT2D eigenvalue weighted by molar-refractivity contribution is 5.78. The predicted octanol–water partition coefficient (Wildman–Crippen LogP) is 4.12. The minimum Gasteiger partial charge on any atom is -0.494 e. The van der Waals surface area contributed by atoms with E-state index in [2.05, 4.69) is 5.32 Å². The molecule has 0 radical (unpaired) electrons. The van der Waals surface area contributed by atoms with Crippen LogP contribution in [0.4, 0.5) is 17.1 Å². The number of benzene rings is 2. The van der Waals surface area contributed by atoms with Crippen LogP contribution in [0, 0.1) is 6.92 Å². The van der Waals surface area contributed by atoms with Gasteiger partial charge in [-0.25, -0.2) is 0 Å². The van der Waals surface area contributed by atoms with Crippen LogP contribution in [0.5, 0.6) is 11.5 Å². The molecule has 0 spiro atoms. The summed E-state index contributed by atoms with van der Waals surface area (Å²) in [5.74, 6) is 1.58. The first-order valence-corrected chi connectivity index (χ1v) is 7.17. The summed E-state index contributed by atoms with van der Waals surface area (Å²) in [7, 11) is 0. The van der Waals surface area contributed by atoms with Crippen molar-refractivity contribution in [2.24, 2.45) is 0 Å². The highest BCUT2D eigenvalue weighted by Gasteiger charge is 2.09. The summed E-state index contributed by atoms with van der Waals surface area (Å²) < 4.78 is 11.2. The molecular formula is C17H22N2O2. The van der Waals surface area contributed by atoms with Crippen molar-refractivity contribution in [2.75, 3.05) is 24.3 Å². The number of nitrogens with two attached hydrogens (primary N) is 1. The standard InChI is InChI=1S/C17H22N2O2/c1-4-20-13-9-10-16(21-5-2)15(11-13)19-17-12(3)7-6-8-14(17)18/h6-11,19H,4-5,18H2,1-3H3. The molecule has 0 aromatic heterocycles. The molecule has 0 atom stereocenters. The number of hydrogen-bond donors (Lipinski definition) is 2. The second-order valence-electron chi connectivity index (χ2n) is 4.69. The third-order valence-corrected chi connectivity index (χ3v) is 3.13. The van der Waals surface area contributed by atoms with Crippen LogP contribution in [-0.4, -0.2) is 13.2 Å². The monoisotopic (exact) mass is 286 g/mol. The maximum absolute atomic E-state index is 6.06. The highest BCUT2D eigenvalue weighted by atomic mass is 16.5. The van der Waals surface area contributed by atoms with Crippen LogP contribution in [0.1, 0.15) is 19.4 Å². The van der Waals surface area contributed by atoms with Gasteiger partial charge in [0.15, 0.2) is 0 Å². The Bertz CT molecular complexity index is 591. The van der Waals surface area contributed by atoms with Gasteiger partial charge in [-0.2, -0.15) is 0 Å². The number of nitrogens with one attached hydrogen (secondary N) is 1. The SMILES string of the molecule is CCOc1ccc(OCC)c(Nc2c(C)cccc2N)c1. The summed E-state index contributed by atoms with van der Waals surface area (Å²) in [6.07, 6.45) is 0. The van der Waals surface area contributed by atoms with Crippen molar-refractivity contribution in [1.29, 1.82) is 0 Å². The summed E-state index contributed by atoms with van der Waals surface area (Å²) in [5, 5.41) is 3.36. The van der Waals surface area contributed by atoms with Crippen molar-refractivity contribution in [3.05, 3.63) is 42.0 Å². The molecule has 2 rings (SSSR count). The van der Waals surface area contributed by atoms with Gasteiger partial charge in [-0.3, -0.25) is 0 Å². The number of nitrogen functional groups attached to an aromatic ring is 1. The van der Waals surface area contributed by atoms with Crippen molar-refractivity contribution in [1.82, 2.24) is 0 Å². The quantitative estimate of drug-likeness (QED) is 0.784. The molecule has 2 aromatic rings. The van der Waals surface area contributed by atoms with Gasteiger partial charge in [0, 0.05) is 6.07 Å². The van der Waals surface area contributed by atoms with E-state index in [0.717, 1.165) is 28.4 Å². The zero-order chi connectivity index (χ0) is 15.2. The zero-order valence-electron chi connectivity index (χ0n) is 12.8. The van der Waals surface area contributed by atoms with E-state index in [-0.39, 0.29) is 0 Å². The van der Waals surface area contributed by atoms with Gasteiger partial charge in [0.25, 0.3) is 0 Å². The van der Waals surface area contributed by atoms with Crippen LogP contribution in [-0.2, 0) is 0 Å². The fraction of sp³-hybridized carbons (Fsp3) is 0.294. The first-order chi connectivity index (χ1) is 10.2. The third kappa shape index (κ3) is 3.60. The molecule has 0 heterocycles. The van der Waals surface area contributed by atoms with Crippen LogP contribution < -0.4 is 20.5 Å². The number of anilines is 3. The number of hydrogen-bond acceptors (Lipinski definition) is 4. The summed E-state index contributed by atoms with van der Waals surface area (Å²) in [6.45, 7) is 7.17. The van der Waals surface area contributed by atoms with Crippen LogP contribution in [0.3, 0.4) is 0 Å². The Kier molecular flexibility index (Phi) is 4.93. The Balaban J connectivity index is 2.38. The molecule has 0 aliphatic heterocycles. The zero-order valence-corrected chi connectivity index (χ0v) is 12.8. The van der Waals surface area contributed by atoms with E-state index in [9.17, 15) is 0 Å². The first kappa shape index (κ1) is 15.0. The molecule has 0 amide bonds. The van der Waals surface area contributed by atoms with E-state index in [0.29, 0.717) is 18.9 Å². The summed E-state index contributed by atoms with van der Waals surface area (Å²) in [4.78, 5) is 0. The van der Waals surface area contributed by atoms with Gasteiger partial charge in [-0.1, -0.05) is 12.1 Å². The van der Waals surface area contributed by atoms with Gasteiger partial charge in [0.05, 0.1) is 30.3 Å². The van der Waals surface area contributed by atoms with E-state index in [1.165, 1.54) is 0 Å². The molecule has 0 saturated carbocycles. The molecule has 0 aliphatic carbocycles. The van der Waals surface area contributed by atoms with Gasteiger partial charge in [-0.15, -0.1) is 0 Å². The molecule has 3 N–H and O–H groups in total. The van der Waals surface area contributed by atoms with E-state index in [1.54, 1.807) is 0 Å².